The number of rotatable bonds is 6. The molecule has 0 aromatic heterocycles. The molecule has 0 aromatic rings. The number of allylic oxidation sites excluding steroid dienone is 1. The standard InChI is InChI=1S/C39H62O14/c1-18-7-12-39(48-17-18)19(2)27-24(53-39)14-38(47)23-6-5-20-13-21(8-10-36(20,3)22(23)9-11-37(27,38)4)49-34-32(46)30(44)33(26(16-41)51-34)52-35-31(45)29(43)28(42)25(15-40)50-35/h5,18-19,21-35,40-47H,6-17H2,1-4H3/t18?,19-,21?,22-,23+,24-,25+,26+,27-,28+,29-,30+,31+,32+,33-,34+,35-,36-,37+,38+,39+/m0/s1. The highest BCUT2D eigenvalue weighted by atomic mass is 16.7. The van der Waals surface area contributed by atoms with Gasteiger partial charge in [0, 0.05) is 30.1 Å². The van der Waals surface area contributed by atoms with Crippen molar-refractivity contribution in [3.63, 3.8) is 0 Å². The van der Waals surface area contributed by atoms with Gasteiger partial charge in [-0.3, -0.25) is 0 Å². The summed E-state index contributed by atoms with van der Waals surface area (Å²) in [4.78, 5) is 0. The fourth-order valence-corrected chi connectivity index (χ4v) is 12.6. The Kier molecular flexibility index (Phi) is 10.3. The Bertz CT molecular complexity index is 1370. The number of hydrogen-bond donors (Lipinski definition) is 8. The van der Waals surface area contributed by atoms with E-state index in [9.17, 15) is 40.9 Å². The summed E-state index contributed by atoms with van der Waals surface area (Å²) in [6.45, 7) is 8.59. The molecule has 8 N–H and O–H groups in total. The van der Waals surface area contributed by atoms with E-state index in [1.165, 1.54) is 5.57 Å². The van der Waals surface area contributed by atoms with Gasteiger partial charge in [0.25, 0.3) is 0 Å². The van der Waals surface area contributed by atoms with E-state index in [2.05, 4.69) is 33.8 Å². The molecule has 0 bridgehead atoms. The van der Waals surface area contributed by atoms with Crippen LogP contribution >= 0.6 is 0 Å². The number of aliphatic hydroxyl groups is 8. The van der Waals surface area contributed by atoms with E-state index < -0.39 is 86.0 Å². The lowest BCUT2D eigenvalue weighted by molar-refractivity contribution is -0.363. The zero-order chi connectivity index (χ0) is 37.8. The summed E-state index contributed by atoms with van der Waals surface area (Å²) in [7, 11) is 0. The minimum Gasteiger partial charge on any atom is -0.394 e. The Morgan fingerprint density at radius 2 is 1.49 bits per heavy atom. The van der Waals surface area contributed by atoms with Crippen molar-refractivity contribution in [1.29, 1.82) is 0 Å². The van der Waals surface area contributed by atoms with Crippen molar-refractivity contribution in [2.45, 2.75) is 170 Å². The van der Waals surface area contributed by atoms with Gasteiger partial charge in [-0.15, -0.1) is 0 Å². The third kappa shape index (κ3) is 5.87. The average Bonchev–Trinajstić information content (AvgIpc) is 3.54. The van der Waals surface area contributed by atoms with Crippen molar-refractivity contribution in [1.82, 2.24) is 0 Å². The summed E-state index contributed by atoms with van der Waals surface area (Å²) < 4.78 is 36.7. The molecule has 4 saturated heterocycles. The van der Waals surface area contributed by atoms with Crippen molar-refractivity contribution >= 4 is 0 Å². The van der Waals surface area contributed by atoms with Crippen LogP contribution in [0.1, 0.15) is 85.5 Å². The maximum Gasteiger partial charge on any atom is 0.187 e. The number of fused-ring (bicyclic) bond motifs is 7. The summed E-state index contributed by atoms with van der Waals surface area (Å²) in [5.41, 5.74) is 0.0452. The van der Waals surface area contributed by atoms with Gasteiger partial charge in [0.2, 0.25) is 0 Å². The molecule has 4 aliphatic carbocycles. The fraction of sp³-hybridized carbons (Fsp3) is 0.949. The minimum absolute atomic E-state index is 0.0169. The topological polar surface area (TPSA) is 217 Å². The second-order valence-corrected chi connectivity index (χ2v) is 18.4. The predicted octanol–water partition coefficient (Wildman–Crippen LogP) is 0.477. The third-order valence-corrected chi connectivity index (χ3v) is 15.8. The van der Waals surface area contributed by atoms with Crippen LogP contribution < -0.4 is 0 Å². The summed E-state index contributed by atoms with van der Waals surface area (Å²) in [5.74, 6) is 0.869. The second-order valence-electron chi connectivity index (χ2n) is 18.4. The number of aliphatic hydroxyl groups excluding tert-OH is 7. The molecule has 53 heavy (non-hydrogen) atoms. The Labute approximate surface area is 311 Å². The van der Waals surface area contributed by atoms with Crippen LogP contribution in [0.3, 0.4) is 0 Å². The van der Waals surface area contributed by atoms with Crippen molar-refractivity contribution < 1.29 is 69.3 Å². The van der Waals surface area contributed by atoms with Gasteiger partial charge in [0.15, 0.2) is 18.4 Å². The van der Waals surface area contributed by atoms with Crippen LogP contribution in [0.15, 0.2) is 11.6 Å². The summed E-state index contributed by atoms with van der Waals surface area (Å²) in [6.07, 6.45) is -5.48. The van der Waals surface area contributed by atoms with Gasteiger partial charge in [-0.2, -0.15) is 0 Å². The van der Waals surface area contributed by atoms with Crippen molar-refractivity contribution in [3.8, 4) is 0 Å². The van der Waals surface area contributed by atoms with Crippen molar-refractivity contribution in [3.05, 3.63) is 11.6 Å². The SMILES string of the molecule is CC1CC[C@@]2(OC1)O[C@H]1C[C@@]3(O)[C@@H]4CC=C5CC(O[C@@H]6O[C@H](CO)[C@H](O[C@@H]7O[C@H](CO)[C@@H](O)[C@H](O)[C@H]7O)[C@H](O)[C@H]6O)CC[C@]5(C)[C@H]4CC[C@]3(C)[C@H]1[C@@H]2C. The molecule has 4 heterocycles. The minimum atomic E-state index is -1.73. The van der Waals surface area contributed by atoms with E-state index in [-0.39, 0.29) is 40.8 Å². The Morgan fingerprint density at radius 3 is 2.19 bits per heavy atom. The highest BCUT2D eigenvalue weighted by molar-refractivity contribution is 5.29. The molecule has 1 spiro atoms. The second kappa shape index (κ2) is 13.9. The highest BCUT2D eigenvalue weighted by Crippen LogP contribution is 2.72. The zero-order valence-corrected chi connectivity index (χ0v) is 31.4. The molecule has 0 radical (unpaired) electrons. The molecule has 4 aliphatic heterocycles. The Hall–Kier alpha value is -0.820. The van der Waals surface area contributed by atoms with Gasteiger partial charge in [-0.05, 0) is 68.1 Å². The van der Waals surface area contributed by atoms with Crippen LogP contribution in [0, 0.1) is 40.4 Å². The van der Waals surface area contributed by atoms with E-state index in [0.717, 1.165) is 45.1 Å². The van der Waals surface area contributed by atoms with E-state index in [1.54, 1.807) is 0 Å². The average molecular weight is 755 g/mol. The Balaban J connectivity index is 0.929. The van der Waals surface area contributed by atoms with Gasteiger partial charge >= 0.3 is 0 Å². The van der Waals surface area contributed by atoms with Crippen LogP contribution in [-0.4, -0.2) is 146 Å². The largest absolute Gasteiger partial charge is 0.394 e. The monoisotopic (exact) mass is 754 g/mol. The summed E-state index contributed by atoms with van der Waals surface area (Å²) >= 11 is 0. The van der Waals surface area contributed by atoms with Gasteiger partial charge < -0.3 is 69.3 Å². The summed E-state index contributed by atoms with van der Waals surface area (Å²) in [6, 6.07) is 0. The first kappa shape index (κ1) is 39.0. The molecule has 21 atom stereocenters. The quantitative estimate of drug-likeness (QED) is 0.173. The van der Waals surface area contributed by atoms with Crippen LogP contribution in [0.25, 0.3) is 0 Å². The third-order valence-electron chi connectivity index (χ3n) is 15.8. The first-order valence-electron chi connectivity index (χ1n) is 20.1. The number of hydrogen-bond acceptors (Lipinski definition) is 14. The fourth-order valence-electron chi connectivity index (χ4n) is 12.6. The summed E-state index contributed by atoms with van der Waals surface area (Å²) in [5, 5.41) is 85.6. The predicted molar refractivity (Wildman–Crippen MR) is 184 cm³/mol. The van der Waals surface area contributed by atoms with Gasteiger partial charge in [-0.25, -0.2) is 0 Å². The molecule has 302 valence electrons. The van der Waals surface area contributed by atoms with Gasteiger partial charge in [0.05, 0.1) is 37.6 Å². The molecule has 3 saturated carbocycles. The van der Waals surface area contributed by atoms with E-state index in [0.29, 0.717) is 31.1 Å². The Morgan fingerprint density at radius 1 is 0.792 bits per heavy atom. The van der Waals surface area contributed by atoms with Gasteiger partial charge in [0.1, 0.15) is 48.8 Å². The van der Waals surface area contributed by atoms with Crippen LogP contribution in [0.4, 0.5) is 0 Å². The maximum absolute atomic E-state index is 12.9. The maximum atomic E-state index is 12.9. The van der Waals surface area contributed by atoms with Crippen LogP contribution in [-0.2, 0) is 28.4 Å². The van der Waals surface area contributed by atoms with Crippen molar-refractivity contribution in [2.75, 3.05) is 19.8 Å². The molecule has 0 amide bonds. The van der Waals surface area contributed by atoms with E-state index in [1.807, 2.05) is 0 Å². The zero-order valence-electron chi connectivity index (χ0n) is 31.4. The lowest BCUT2D eigenvalue weighted by atomic mass is 9.45. The number of ether oxygens (including phenoxy) is 6. The smallest absolute Gasteiger partial charge is 0.187 e. The highest BCUT2D eigenvalue weighted by Gasteiger charge is 2.74. The van der Waals surface area contributed by atoms with E-state index >= 15 is 0 Å². The lowest BCUT2D eigenvalue weighted by Gasteiger charge is -2.62. The first-order chi connectivity index (χ1) is 25.1. The molecule has 8 rings (SSSR count). The molecule has 2 unspecified atom stereocenters. The van der Waals surface area contributed by atoms with Crippen LogP contribution in [0.5, 0.6) is 0 Å². The lowest BCUT2D eigenvalue weighted by Crippen LogP contribution is -2.65. The first-order valence-corrected chi connectivity index (χ1v) is 20.1. The molecular formula is C39H62O14. The van der Waals surface area contributed by atoms with Crippen LogP contribution in [0.2, 0.25) is 0 Å². The molecule has 8 aliphatic rings. The molecule has 14 heteroatoms. The molecule has 14 nitrogen and oxygen atoms in total. The van der Waals surface area contributed by atoms with Crippen molar-refractivity contribution in [2.24, 2.45) is 40.4 Å². The van der Waals surface area contributed by atoms with Gasteiger partial charge in [-0.1, -0.05) is 39.3 Å². The molecule has 7 fully saturated rings. The molecular weight excluding hydrogens is 692 g/mol. The van der Waals surface area contributed by atoms with E-state index in [4.69, 9.17) is 28.4 Å². The molecule has 0 aromatic carbocycles. The normalized spacial score (nSPS) is 58.0.